The molecule has 514 valence electrons. The van der Waals surface area contributed by atoms with Crippen molar-refractivity contribution in [3.8, 4) is 0 Å². The van der Waals surface area contributed by atoms with E-state index in [1.807, 2.05) is 13.8 Å². The lowest BCUT2D eigenvalue weighted by Gasteiger charge is -2.65. The van der Waals surface area contributed by atoms with E-state index in [4.69, 9.17) is 47.4 Å². The Bertz CT molecular complexity index is 2390. The number of allylic oxidation sites excluding steroid dienone is 1. The molecule has 29 heteroatoms. The Labute approximate surface area is 516 Å². The van der Waals surface area contributed by atoms with Gasteiger partial charge in [0.05, 0.1) is 50.8 Å². The molecule has 5 heterocycles. The molecule has 0 aromatic rings. The van der Waals surface area contributed by atoms with E-state index in [9.17, 15) is 91.9 Å². The first kappa shape index (κ1) is 71.6. The molecule has 29 nitrogen and oxygen atoms in total. The smallest absolute Gasteiger partial charge is 0.187 e. The standard InChI is InChI=1S/C60H100O29/c1-23(9-13-35(57(4,5)79)88-55-50(89-54-49(78)43(72)38(67)29(20-63)84-54)45(74)40(69)31(86-55)22-81-52-47(76)42(71)37(66)28(19-62)83-52)24-15-16-58(6)32-12-10-25-26(60(32,8)33(64)17-59(24,58)7)11-14-34(56(25,2)3)87-53-48(77)44(73)39(68)30(85-53)21-80-51-46(75)41(70)36(65)27(18-61)82-51/h10,23-24,26-32,34-55,61-63,65-79H,9,11-22H2,1-8H3/t23?,24?,26?,27?,28?,29?,30?,31?,32?,34?,35?,36?,37?,38?,39?,40?,41?,42?,43?,44?,45?,46?,47?,48?,49?,50?,51?,52?,53?,54?,55?,58-,59+,60+/m0/s1. The Kier molecular flexibility index (Phi) is 22.1. The minimum absolute atomic E-state index is 0.00532. The predicted octanol–water partition coefficient (Wildman–Crippen LogP) is -5.20. The normalized spacial score (nSPS) is 51.0. The van der Waals surface area contributed by atoms with Gasteiger partial charge in [0.15, 0.2) is 31.5 Å². The van der Waals surface area contributed by atoms with Crippen molar-refractivity contribution in [1.29, 1.82) is 0 Å². The van der Waals surface area contributed by atoms with Gasteiger partial charge < -0.3 is 139 Å². The monoisotopic (exact) mass is 1280 g/mol. The molecule has 3 saturated carbocycles. The summed E-state index contributed by atoms with van der Waals surface area (Å²) in [6.07, 6.45) is -37.4. The molecule has 89 heavy (non-hydrogen) atoms. The predicted molar refractivity (Wildman–Crippen MR) is 299 cm³/mol. The number of carbonyl (C=O) groups excluding carboxylic acids is 1. The van der Waals surface area contributed by atoms with Gasteiger partial charge in [-0.3, -0.25) is 4.79 Å². The first-order valence-electron chi connectivity index (χ1n) is 31.4. The number of rotatable bonds is 20. The summed E-state index contributed by atoms with van der Waals surface area (Å²) in [7, 11) is 0. The average Bonchev–Trinajstić information content (AvgIpc) is 1.66. The number of ether oxygens (including phenoxy) is 10. The van der Waals surface area contributed by atoms with Crippen molar-refractivity contribution in [2.45, 2.75) is 278 Å². The maximum Gasteiger partial charge on any atom is 0.187 e. The maximum absolute atomic E-state index is 15.4. The van der Waals surface area contributed by atoms with Gasteiger partial charge in [-0.15, -0.1) is 0 Å². The molecule has 18 N–H and O–H groups in total. The van der Waals surface area contributed by atoms with Gasteiger partial charge in [0.2, 0.25) is 0 Å². The molecular weight excluding hydrogens is 1180 g/mol. The van der Waals surface area contributed by atoms with E-state index in [2.05, 4.69) is 33.8 Å². The minimum Gasteiger partial charge on any atom is -0.394 e. The first-order valence-corrected chi connectivity index (χ1v) is 31.4. The molecule has 0 bridgehead atoms. The number of hydrogen-bond donors (Lipinski definition) is 18. The fourth-order valence-corrected chi connectivity index (χ4v) is 16.7. The third-order valence-corrected chi connectivity index (χ3v) is 22.6. The number of aliphatic hydroxyl groups excluding tert-OH is 17. The van der Waals surface area contributed by atoms with Crippen LogP contribution in [0.2, 0.25) is 0 Å². The third kappa shape index (κ3) is 13.0. The van der Waals surface area contributed by atoms with E-state index in [1.165, 1.54) is 13.8 Å². The van der Waals surface area contributed by atoms with Crippen LogP contribution >= 0.6 is 0 Å². The van der Waals surface area contributed by atoms with Crippen molar-refractivity contribution in [2.75, 3.05) is 33.0 Å². The minimum atomic E-state index is -1.97. The average molecular weight is 1290 g/mol. The molecule has 5 aliphatic heterocycles. The second kappa shape index (κ2) is 27.4. The molecule has 4 aliphatic carbocycles. The number of carbonyl (C=O) groups is 1. The highest BCUT2D eigenvalue weighted by atomic mass is 16.8. The zero-order chi connectivity index (χ0) is 65.5. The van der Waals surface area contributed by atoms with Crippen LogP contribution < -0.4 is 0 Å². The molecular formula is C60H100O29. The lowest BCUT2D eigenvalue weighted by molar-refractivity contribution is -0.380. The molecule has 9 rings (SSSR count). The molecule has 0 amide bonds. The Balaban J connectivity index is 0.884. The molecule has 9 aliphatic rings. The molecule has 34 atom stereocenters. The second-order valence-electron chi connectivity index (χ2n) is 28.5. The van der Waals surface area contributed by atoms with Crippen molar-refractivity contribution >= 4 is 5.78 Å². The van der Waals surface area contributed by atoms with Gasteiger partial charge in [0, 0.05) is 17.3 Å². The van der Waals surface area contributed by atoms with Crippen LogP contribution in [0.3, 0.4) is 0 Å². The van der Waals surface area contributed by atoms with Gasteiger partial charge in [0.1, 0.15) is 128 Å². The number of fused-ring (bicyclic) bond motifs is 5. The highest BCUT2D eigenvalue weighted by Crippen LogP contribution is 2.74. The molecule has 0 aromatic carbocycles. The van der Waals surface area contributed by atoms with E-state index < -0.39 is 221 Å². The largest absolute Gasteiger partial charge is 0.394 e. The lowest BCUT2D eigenvalue weighted by atomic mass is 9.38. The summed E-state index contributed by atoms with van der Waals surface area (Å²) >= 11 is 0. The number of aliphatic hydroxyl groups is 18. The van der Waals surface area contributed by atoms with Crippen molar-refractivity contribution < 1.29 is 144 Å². The summed E-state index contributed by atoms with van der Waals surface area (Å²) in [4.78, 5) is 15.4. The van der Waals surface area contributed by atoms with Gasteiger partial charge in [0.25, 0.3) is 0 Å². The van der Waals surface area contributed by atoms with Gasteiger partial charge in [-0.25, -0.2) is 0 Å². The summed E-state index contributed by atoms with van der Waals surface area (Å²) in [6, 6.07) is 0. The van der Waals surface area contributed by atoms with E-state index >= 15 is 4.79 Å². The van der Waals surface area contributed by atoms with Crippen LogP contribution in [-0.2, 0) is 52.2 Å². The molecule has 0 radical (unpaired) electrons. The van der Waals surface area contributed by atoms with Crippen LogP contribution in [0, 0.1) is 45.3 Å². The summed E-state index contributed by atoms with van der Waals surface area (Å²) in [5.41, 5.74) is -2.96. The summed E-state index contributed by atoms with van der Waals surface area (Å²) in [5.74, 6) is -0.178. The summed E-state index contributed by atoms with van der Waals surface area (Å²) < 4.78 is 59.2. The summed E-state index contributed by atoms with van der Waals surface area (Å²) in [5, 5.41) is 192. The van der Waals surface area contributed by atoms with Crippen LogP contribution in [0.1, 0.15) is 107 Å². The number of ketones is 1. The molecule has 0 spiro atoms. The topological polar surface area (TPSA) is 474 Å². The van der Waals surface area contributed by atoms with Gasteiger partial charge in [-0.1, -0.05) is 53.2 Å². The van der Waals surface area contributed by atoms with Crippen LogP contribution in [0.5, 0.6) is 0 Å². The quantitative estimate of drug-likeness (QED) is 0.0507. The molecule has 31 unspecified atom stereocenters. The highest BCUT2D eigenvalue weighted by Gasteiger charge is 2.71. The van der Waals surface area contributed by atoms with Gasteiger partial charge >= 0.3 is 0 Å². The highest BCUT2D eigenvalue weighted by molar-refractivity contribution is 5.88. The third-order valence-electron chi connectivity index (χ3n) is 22.6. The molecule has 5 saturated heterocycles. The fraction of sp³-hybridized carbons (Fsp3) is 0.950. The van der Waals surface area contributed by atoms with Crippen LogP contribution in [-0.4, -0.2) is 302 Å². The Morgan fingerprint density at radius 1 is 0.539 bits per heavy atom. The number of hydrogen-bond acceptors (Lipinski definition) is 29. The zero-order valence-corrected chi connectivity index (χ0v) is 51.7. The van der Waals surface area contributed by atoms with E-state index in [-0.39, 0.29) is 47.7 Å². The van der Waals surface area contributed by atoms with E-state index in [0.29, 0.717) is 25.7 Å². The maximum atomic E-state index is 15.4. The first-order chi connectivity index (χ1) is 41.6. The fourth-order valence-electron chi connectivity index (χ4n) is 16.7. The number of Topliss-reactive ketones (excluding diaryl/α,β-unsaturated/α-hetero) is 1. The summed E-state index contributed by atoms with van der Waals surface area (Å²) in [6.45, 7) is 12.2. The Hall–Kier alpha value is -1.71. The van der Waals surface area contributed by atoms with Crippen LogP contribution in [0.15, 0.2) is 11.6 Å². The van der Waals surface area contributed by atoms with Crippen LogP contribution in [0.25, 0.3) is 0 Å². The molecule has 0 aromatic heterocycles. The Morgan fingerprint density at radius 2 is 0.978 bits per heavy atom. The lowest BCUT2D eigenvalue weighted by Crippen LogP contribution is -2.65. The second-order valence-corrected chi connectivity index (χ2v) is 28.5. The van der Waals surface area contributed by atoms with Crippen molar-refractivity contribution in [1.82, 2.24) is 0 Å². The van der Waals surface area contributed by atoms with Gasteiger partial charge in [-0.2, -0.15) is 0 Å². The zero-order valence-electron chi connectivity index (χ0n) is 51.7. The molecule has 8 fully saturated rings. The van der Waals surface area contributed by atoms with Gasteiger partial charge in [-0.05, 0) is 93.3 Å². The van der Waals surface area contributed by atoms with E-state index in [1.54, 1.807) is 0 Å². The van der Waals surface area contributed by atoms with E-state index in [0.717, 1.165) is 18.4 Å². The Morgan fingerprint density at radius 3 is 1.47 bits per heavy atom. The SMILES string of the molecule is CC(CCC(OC1OC(COC2OC(CO)C(O)C(O)C2O)C(O)C(O)C1OC1OC(CO)C(O)C(O)C1O)C(C)(C)O)C1CC[C@@]2(C)C3CC=C4C(CCC(OC5OC(COC6OC(CO)C(O)C(O)C6O)C(O)C(O)C5O)C4(C)C)[C@@]3(C)C(=O)C[C@]12C. The van der Waals surface area contributed by atoms with Crippen molar-refractivity contribution in [3.63, 3.8) is 0 Å². The van der Waals surface area contributed by atoms with Crippen molar-refractivity contribution in [3.05, 3.63) is 11.6 Å². The van der Waals surface area contributed by atoms with Crippen LogP contribution in [0.4, 0.5) is 0 Å². The van der Waals surface area contributed by atoms with Crippen molar-refractivity contribution in [2.24, 2.45) is 45.3 Å².